The summed E-state index contributed by atoms with van der Waals surface area (Å²) in [6.07, 6.45) is 0. The van der Waals surface area contributed by atoms with Crippen molar-refractivity contribution < 1.29 is 19.1 Å². The maximum Gasteiger partial charge on any atom is 0.330 e. The summed E-state index contributed by atoms with van der Waals surface area (Å²) in [5.74, 6) is -2.20. The molecule has 0 bridgehead atoms. The molecule has 98 valence electrons. The average Bonchev–Trinajstić information content (AvgIpc) is 2.25. The van der Waals surface area contributed by atoms with Crippen molar-refractivity contribution in [2.24, 2.45) is 0 Å². The largest absolute Gasteiger partial charge is 0.479 e. The second kappa shape index (κ2) is 5.48. The Labute approximate surface area is 112 Å². The van der Waals surface area contributed by atoms with Gasteiger partial charge in [0.05, 0.1) is 0 Å². The van der Waals surface area contributed by atoms with Crippen molar-refractivity contribution in [3.05, 3.63) is 34.3 Å². The molecular formula is C12H13BrFNO3. The van der Waals surface area contributed by atoms with Crippen LogP contribution in [0.3, 0.4) is 0 Å². The number of carbonyl (C=O) groups is 2. The Hall–Kier alpha value is -1.43. The molecule has 18 heavy (non-hydrogen) atoms. The molecule has 0 aliphatic rings. The molecule has 1 aromatic rings. The minimum Gasteiger partial charge on any atom is -0.479 e. The topological polar surface area (TPSA) is 66.4 Å². The van der Waals surface area contributed by atoms with Gasteiger partial charge in [0.15, 0.2) is 11.7 Å². The van der Waals surface area contributed by atoms with Gasteiger partial charge in [-0.15, -0.1) is 0 Å². The van der Waals surface area contributed by atoms with Crippen LogP contribution in [0.4, 0.5) is 4.39 Å². The lowest BCUT2D eigenvalue weighted by atomic mass is 10.1. The molecule has 0 saturated heterocycles. The number of carboxylic acids is 1. The van der Waals surface area contributed by atoms with Gasteiger partial charge in [-0.25, -0.2) is 9.18 Å². The smallest absolute Gasteiger partial charge is 0.330 e. The van der Waals surface area contributed by atoms with Gasteiger partial charge in [-0.1, -0.05) is 28.1 Å². The van der Waals surface area contributed by atoms with E-state index >= 15 is 0 Å². The molecule has 0 aliphatic carbocycles. The summed E-state index contributed by atoms with van der Waals surface area (Å²) in [6, 6.07) is 5.14. The molecule has 0 heterocycles. The van der Waals surface area contributed by atoms with Gasteiger partial charge in [-0.3, -0.25) is 4.79 Å². The highest BCUT2D eigenvalue weighted by Crippen LogP contribution is 2.19. The van der Waals surface area contributed by atoms with Gasteiger partial charge in [0, 0.05) is 4.47 Å². The van der Waals surface area contributed by atoms with E-state index in [2.05, 4.69) is 21.2 Å². The van der Waals surface area contributed by atoms with E-state index in [-0.39, 0.29) is 0 Å². The molecule has 1 aromatic carbocycles. The van der Waals surface area contributed by atoms with Crippen LogP contribution in [0, 0.1) is 0 Å². The summed E-state index contributed by atoms with van der Waals surface area (Å²) in [7, 11) is 0. The maximum absolute atomic E-state index is 13.4. The number of carbonyl (C=O) groups excluding carboxylic acids is 1. The Morgan fingerprint density at radius 1 is 1.33 bits per heavy atom. The lowest BCUT2D eigenvalue weighted by molar-refractivity contribution is -0.144. The molecule has 0 spiro atoms. The van der Waals surface area contributed by atoms with E-state index < -0.39 is 23.6 Å². The van der Waals surface area contributed by atoms with E-state index in [4.69, 9.17) is 5.11 Å². The molecule has 0 aromatic heterocycles. The van der Waals surface area contributed by atoms with Crippen molar-refractivity contribution in [1.82, 2.24) is 5.32 Å². The number of aliphatic carboxylic acids is 1. The maximum atomic E-state index is 13.4. The first-order valence-corrected chi connectivity index (χ1v) is 5.99. The van der Waals surface area contributed by atoms with E-state index in [1.54, 1.807) is 24.3 Å². The number of halogens is 2. The molecule has 6 heteroatoms. The Balaban J connectivity index is 2.94. The van der Waals surface area contributed by atoms with Gasteiger partial charge in [-0.2, -0.15) is 0 Å². The third-order valence-electron chi connectivity index (χ3n) is 2.27. The van der Waals surface area contributed by atoms with Crippen LogP contribution in [-0.4, -0.2) is 22.7 Å². The molecular weight excluding hydrogens is 305 g/mol. The van der Waals surface area contributed by atoms with Gasteiger partial charge in [0.2, 0.25) is 0 Å². The highest BCUT2D eigenvalue weighted by molar-refractivity contribution is 9.10. The van der Waals surface area contributed by atoms with Crippen LogP contribution in [0.1, 0.15) is 25.5 Å². The summed E-state index contributed by atoms with van der Waals surface area (Å²) >= 11 is 3.22. The summed E-state index contributed by atoms with van der Waals surface area (Å²) in [5.41, 5.74) is -1.74. The lowest BCUT2D eigenvalue weighted by Gasteiger charge is -2.19. The summed E-state index contributed by atoms with van der Waals surface area (Å²) in [5, 5.41) is 11.2. The number of rotatable bonds is 4. The third-order valence-corrected chi connectivity index (χ3v) is 2.79. The standard InChI is InChI=1S/C12H13BrFNO3/c1-12(2,14)11(18)15-9(10(16)17)7-3-5-8(13)6-4-7/h3-6,9H,1-2H3,(H,15,18)(H,16,17). The Kier molecular flexibility index (Phi) is 4.45. The van der Waals surface area contributed by atoms with Crippen LogP contribution in [0.2, 0.25) is 0 Å². The molecule has 2 N–H and O–H groups in total. The molecule has 0 aliphatic heterocycles. The third kappa shape index (κ3) is 3.80. The van der Waals surface area contributed by atoms with Gasteiger partial charge in [0.25, 0.3) is 5.91 Å². The van der Waals surface area contributed by atoms with Gasteiger partial charge in [-0.05, 0) is 31.5 Å². The number of alkyl halides is 1. The van der Waals surface area contributed by atoms with E-state index in [0.29, 0.717) is 5.56 Å². The monoisotopic (exact) mass is 317 g/mol. The second-order valence-electron chi connectivity index (χ2n) is 4.27. The normalized spacial score (nSPS) is 12.9. The first-order chi connectivity index (χ1) is 8.21. The molecule has 1 unspecified atom stereocenters. The van der Waals surface area contributed by atoms with Crippen LogP contribution in [-0.2, 0) is 9.59 Å². The lowest BCUT2D eigenvalue weighted by Crippen LogP contribution is -2.43. The Morgan fingerprint density at radius 2 is 1.83 bits per heavy atom. The SMILES string of the molecule is CC(C)(F)C(=O)NC(C(=O)O)c1ccc(Br)cc1. The van der Waals surface area contributed by atoms with E-state index in [0.717, 1.165) is 18.3 Å². The molecule has 1 amide bonds. The molecule has 0 saturated carbocycles. The number of amides is 1. The van der Waals surface area contributed by atoms with E-state index in [1.807, 2.05) is 0 Å². The molecule has 1 atom stereocenters. The van der Waals surface area contributed by atoms with Crippen LogP contribution >= 0.6 is 15.9 Å². The van der Waals surface area contributed by atoms with E-state index in [1.165, 1.54) is 0 Å². The zero-order valence-corrected chi connectivity index (χ0v) is 11.5. The van der Waals surface area contributed by atoms with Crippen molar-refractivity contribution in [3.63, 3.8) is 0 Å². The van der Waals surface area contributed by atoms with Gasteiger partial charge in [0.1, 0.15) is 0 Å². The van der Waals surface area contributed by atoms with Crippen LogP contribution < -0.4 is 5.32 Å². The highest BCUT2D eigenvalue weighted by Gasteiger charge is 2.31. The molecule has 4 nitrogen and oxygen atoms in total. The van der Waals surface area contributed by atoms with Crippen molar-refractivity contribution >= 4 is 27.8 Å². The summed E-state index contributed by atoms with van der Waals surface area (Å²) < 4.78 is 14.2. The molecule has 0 fully saturated rings. The molecule has 1 rings (SSSR count). The fraction of sp³-hybridized carbons (Fsp3) is 0.333. The first-order valence-electron chi connectivity index (χ1n) is 5.20. The zero-order valence-electron chi connectivity index (χ0n) is 9.91. The summed E-state index contributed by atoms with van der Waals surface area (Å²) in [4.78, 5) is 22.6. The zero-order chi connectivity index (χ0) is 13.9. The fourth-order valence-electron chi connectivity index (χ4n) is 1.25. The van der Waals surface area contributed by atoms with Crippen LogP contribution in [0.15, 0.2) is 28.7 Å². The fourth-order valence-corrected chi connectivity index (χ4v) is 1.51. The minimum absolute atomic E-state index is 0.378. The molecule has 0 radical (unpaired) electrons. The van der Waals surface area contributed by atoms with Crippen molar-refractivity contribution in [2.45, 2.75) is 25.6 Å². The number of hydrogen-bond acceptors (Lipinski definition) is 2. The average molecular weight is 318 g/mol. The van der Waals surface area contributed by atoms with Crippen molar-refractivity contribution in [1.29, 1.82) is 0 Å². The van der Waals surface area contributed by atoms with Crippen LogP contribution in [0.5, 0.6) is 0 Å². The number of carboxylic acid groups (broad SMARTS) is 1. The number of hydrogen-bond donors (Lipinski definition) is 2. The highest BCUT2D eigenvalue weighted by atomic mass is 79.9. The van der Waals surface area contributed by atoms with Gasteiger partial charge >= 0.3 is 5.97 Å². The van der Waals surface area contributed by atoms with Crippen LogP contribution in [0.25, 0.3) is 0 Å². The second-order valence-corrected chi connectivity index (χ2v) is 5.18. The predicted molar refractivity (Wildman–Crippen MR) is 67.8 cm³/mol. The van der Waals surface area contributed by atoms with Crippen molar-refractivity contribution in [3.8, 4) is 0 Å². The van der Waals surface area contributed by atoms with Gasteiger partial charge < -0.3 is 10.4 Å². The Bertz CT molecular complexity index is 453. The first kappa shape index (κ1) is 14.6. The predicted octanol–water partition coefficient (Wildman–Crippen LogP) is 2.44. The number of nitrogens with one attached hydrogen (secondary N) is 1. The quantitative estimate of drug-likeness (QED) is 0.896. The number of benzene rings is 1. The minimum atomic E-state index is -2.12. The summed E-state index contributed by atoms with van der Waals surface area (Å²) in [6.45, 7) is 2.14. The Morgan fingerprint density at radius 3 is 2.22 bits per heavy atom. The van der Waals surface area contributed by atoms with Crippen molar-refractivity contribution in [2.75, 3.05) is 0 Å². The van der Waals surface area contributed by atoms with E-state index in [9.17, 15) is 14.0 Å².